The van der Waals surface area contributed by atoms with Crippen molar-refractivity contribution in [1.82, 2.24) is 0 Å². The normalized spacial score (nSPS) is 10.6. The zero-order valence-electron chi connectivity index (χ0n) is 10.1. The van der Waals surface area contributed by atoms with E-state index in [-0.39, 0.29) is 25.5 Å². The van der Waals surface area contributed by atoms with Crippen molar-refractivity contribution in [3.63, 3.8) is 0 Å². The van der Waals surface area contributed by atoms with Crippen molar-refractivity contribution in [3.05, 3.63) is 48.0 Å². The third-order valence-electron chi connectivity index (χ3n) is 2.48. The van der Waals surface area contributed by atoms with E-state index in [2.05, 4.69) is 0 Å². The molecule has 0 bridgehead atoms. The van der Waals surface area contributed by atoms with Gasteiger partial charge in [-0.05, 0) is 24.3 Å². The van der Waals surface area contributed by atoms with E-state index in [1.807, 2.05) is 0 Å². The van der Waals surface area contributed by atoms with Crippen LogP contribution in [0.2, 0.25) is 0 Å². The molecule has 0 amide bonds. The van der Waals surface area contributed by atoms with Gasteiger partial charge in [-0.3, -0.25) is 4.79 Å². The molecule has 0 fully saturated rings. The molecule has 2 aromatic rings. The van der Waals surface area contributed by atoms with Gasteiger partial charge in [0.1, 0.15) is 23.9 Å². The average molecular weight is 264 g/mol. The second-order valence-corrected chi connectivity index (χ2v) is 3.97. The molecule has 0 radical (unpaired) electrons. The number of halogens is 1. The molecule has 1 aromatic heterocycles. The zero-order chi connectivity index (χ0) is 13.7. The Morgan fingerprint density at radius 1 is 1.32 bits per heavy atom. The lowest BCUT2D eigenvalue weighted by molar-refractivity contribution is -0.138. The van der Waals surface area contributed by atoms with Gasteiger partial charge in [-0.1, -0.05) is 12.1 Å². The zero-order valence-corrected chi connectivity index (χ0v) is 10.1. The van der Waals surface area contributed by atoms with Crippen molar-refractivity contribution in [2.75, 3.05) is 6.61 Å². The smallest absolute Gasteiger partial charge is 0.305 e. The molecule has 0 aliphatic heterocycles. The monoisotopic (exact) mass is 264 g/mol. The van der Waals surface area contributed by atoms with Gasteiger partial charge >= 0.3 is 5.97 Å². The fraction of sp³-hybridized carbons (Fsp3) is 0.214. The van der Waals surface area contributed by atoms with Crippen LogP contribution in [0.5, 0.6) is 0 Å². The van der Waals surface area contributed by atoms with Crippen LogP contribution in [0.1, 0.15) is 12.2 Å². The molecule has 0 unspecified atom stereocenters. The van der Waals surface area contributed by atoms with Crippen LogP contribution < -0.4 is 0 Å². The van der Waals surface area contributed by atoms with Crippen LogP contribution in [0.15, 0.2) is 40.8 Å². The van der Waals surface area contributed by atoms with E-state index in [4.69, 9.17) is 14.3 Å². The number of furan rings is 1. The third kappa shape index (κ3) is 3.93. The van der Waals surface area contributed by atoms with Gasteiger partial charge in [-0.25, -0.2) is 4.39 Å². The molecule has 2 rings (SSSR count). The number of carboxylic acid groups (broad SMARTS) is 1. The summed E-state index contributed by atoms with van der Waals surface area (Å²) < 4.78 is 23.7. The highest BCUT2D eigenvalue weighted by molar-refractivity contribution is 5.66. The molecule has 5 heteroatoms. The van der Waals surface area contributed by atoms with E-state index in [1.165, 1.54) is 12.1 Å². The van der Waals surface area contributed by atoms with Crippen LogP contribution in [-0.2, 0) is 16.1 Å². The molecule has 0 saturated carbocycles. The molecule has 1 aromatic carbocycles. The lowest BCUT2D eigenvalue weighted by Crippen LogP contribution is -2.02. The second kappa shape index (κ2) is 6.15. The maximum atomic E-state index is 13.1. The molecular formula is C14H13FO4. The Morgan fingerprint density at radius 3 is 2.89 bits per heavy atom. The van der Waals surface area contributed by atoms with Gasteiger partial charge in [0.15, 0.2) is 0 Å². The van der Waals surface area contributed by atoms with Crippen LogP contribution in [0, 0.1) is 5.82 Å². The Bertz CT molecular complexity index is 562. The average Bonchev–Trinajstić information content (AvgIpc) is 2.83. The summed E-state index contributed by atoms with van der Waals surface area (Å²) in [4.78, 5) is 10.3. The summed E-state index contributed by atoms with van der Waals surface area (Å²) in [6, 6.07) is 9.55. The molecule has 4 nitrogen and oxygen atoms in total. The number of rotatable bonds is 6. The highest BCUT2D eigenvalue weighted by Gasteiger charge is 2.06. The van der Waals surface area contributed by atoms with Crippen LogP contribution >= 0.6 is 0 Å². The van der Waals surface area contributed by atoms with Crippen LogP contribution in [0.3, 0.4) is 0 Å². The topological polar surface area (TPSA) is 59.7 Å². The Hall–Kier alpha value is -2.14. The first-order valence-corrected chi connectivity index (χ1v) is 5.79. The standard InChI is InChI=1S/C14H13FO4/c15-11-3-1-2-10(8-11)13-5-4-12(19-13)9-18-7-6-14(16)17/h1-5,8H,6-7,9H2,(H,16,17). The van der Waals surface area contributed by atoms with Gasteiger partial charge < -0.3 is 14.3 Å². The number of benzene rings is 1. The van der Waals surface area contributed by atoms with Crippen molar-refractivity contribution in [2.45, 2.75) is 13.0 Å². The van der Waals surface area contributed by atoms with Crippen LogP contribution in [-0.4, -0.2) is 17.7 Å². The molecule has 19 heavy (non-hydrogen) atoms. The predicted molar refractivity (Wildman–Crippen MR) is 66.0 cm³/mol. The Morgan fingerprint density at radius 2 is 2.16 bits per heavy atom. The van der Waals surface area contributed by atoms with Crippen molar-refractivity contribution < 1.29 is 23.4 Å². The number of ether oxygens (including phenoxy) is 1. The molecule has 0 aliphatic rings. The molecular weight excluding hydrogens is 251 g/mol. The SMILES string of the molecule is O=C(O)CCOCc1ccc(-c2cccc(F)c2)o1. The summed E-state index contributed by atoms with van der Waals surface area (Å²) in [7, 11) is 0. The van der Waals surface area contributed by atoms with Crippen molar-refractivity contribution in [2.24, 2.45) is 0 Å². The molecule has 0 atom stereocenters. The highest BCUT2D eigenvalue weighted by atomic mass is 19.1. The van der Waals surface area contributed by atoms with Gasteiger partial charge in [0.05, 0.1) is 13.0 Å². The van der Waals surface area contributed by atoms with Crippen LogP contribution in [0.4, 0.5) is 4.39 Å². The van der Waals surface area contributed by atoms with Crippen molar-refractivity contribution in [3.8, 4) is 11.3 Å². The van der Waals surface area contributed by atoms with E-state index < -0.39 is 5.97 Å². The molecule has 0 spiro atoms. The van der Waals surface area contributed by atoms with Gasteiger partial charge in [0.25, 0.3) is 0 Å². The maximum absolute atomic E-state index is 13.1. The first-order chi connectivity index (χ1) is 9.15. The predicted octanol–water partition coefficient (Wildman–Crippen LogP) is 3.08. The van der Waals surface area contributed by atoms with E-state index >= 15 is 0 Å². The van der Waals surface area contributed by atoms with Crippen molar-refractivity contribution >= 4 is 5.97 Å². The molecule has 0 saturated heterocycles. The third-order valence-corrected chi connectivity index (χ3v) is 2.48. The molecule has 1 heterocycles. The fourth-order valence-corrected chi connectivity index (χ4v) is 1.58. The number of hydrogen-bond donors (Lipinski definition) is 1. The largest absolute Gasteiger partial charge is 0.481 e. The van der Waals surface area contributed by atoms with Gasteiger partial charge in [0, 0.05) is 5.56 Å². The minimum atomic E-state index is -0.903. The Kier molecular flexibility index (Phi) is 4.30. The minimum absolute atomic E-state index is 0.0442. The van der Waals surface area contributed by atoms with E-state index in [1.54, 1.807) is 24.3 Å². The number of carboxylic acids is 1. The summed E-state index contributed by atoms with van der Waals surface area (Å²) in [6.07, 6.45) is -0.0442. The lowest BCUT2D eigenvalue weighted by atomic mass is 10.2. The first-order valence-electron chi connectivity index (χ1n) is 5.79. The fourth-order valence-electron chi connectivity index (χ4n) is 1.58. The number of hydrogen-bond acceptors (Lipinski definition) is 3. The van der Waals surface area contributed by atoms with Crippen molar-refractivity contribution in [1.29, 1.82) is 0 Å². The number of aliphatic carboxylic acids is 1. The Labute approximate surface area is 109 Å². The van der Waals surface area contributed by atoms with Crippen LogP contribution in [0.25, 0.3) is 11.3 Å². The van der Waals surface area contributed by atoms with E-state index in [0.717, 1.165) is 0 Å². The van der Waals surface area contributed by atoms with E-state index in [9.17, 15) is 9.18 Å². The summed E-state index contributed by atoms with van der Waals surface area (Å²) in [5, 5.41) is 8.45. The van der Waals surface area contributed by atoms with Gasteiger partial charge in [0.2, 0.25) is 0 Å². The summed E-state index contributed by atoms with van der Waals surface area (Å²) in [6.45, 7) is 0.327. The quantitative estimate of drug-likeness (QED) is 0.814. The van der Waals surface area contributed by atoms with Gasteiger partial charge in [-0.15, -0.1) is 0 Å². The number of carbonyl (C=O) groups is 1. The van der Waals surface area contributed by atoms with E-state index in [0.29, 0.717) is 17.1 Å². The lowest BCUT2D eigenvalue weighted by Gasteiger charge is -2.00. The first kappa shape index (κ1) is 13.3. The second-order valence-electron chi connectivity index (χ2n) is 3.97. The highest BCUT2D eigenvalue weighted by Crippen LogP contribution is 2.23. The minimum Gasteiger partial charge on any atom is -0.481 e. The molecule has 100 valence electrons. The molecule has 1 N–H and O–H groups in total. The Balaban J connectivity index is 1.94. The maximum Gasteiger partial charge on any atom is 0.305 e. The van der Waals surface area contributed by atoms with Gasteiger partial charge in [-0.2, -0.15) is 0 Å². The summed E-state index contributed by atoms with van der Waals surface area (Å²) in [5.41, 5.74) is 0.650. The molecule has 0 aliphatic carbocycles. The summed E-state index contributed by atoms with van der Waals surface area (Å²) in [5.74, 6) is -0.103. The summed E-state index contributed by atoms with van der Waals surface area (Å²) >= 11 is 0.